The molecule has 0 spiro atoms. The highest BCUT2D eigenvalue weighted by Crippen LogP contribution is 2.20. The third-order valence-electron chi connectivity index (χ3n) is 2.60. The van der Waals surface area contributed by atoms with E-state index in [4.69, 9.17) is 12.8 Å². The highest BCUT2D eigenvalue weighted by Gasteiger charge is 2.29. The second-order valence-electron chi connectivity index (χ2n) is 5.18. The van der Waals surface area contributed by atoms with Crippen molar-refractivity contribution in [2.24, 2.45) is 5.92 Å². The van der Waals surface area contributed by atoms with Crippen LogP contribution in [-0.2, 0) is 14.2 Å². The van der Waals surface area contributed by atoms with Gasteiger partial charge in [0.05, 0.1) is 5.92 Å². The van der Waals surface area contributed by atoms with Crippen molar-refractivity contribution in [2.75, 3.05) is 13.1 Å². The van der Waals surface area contributed by atoms with Crippen LogP contribution < -0.4 is 0 Å². The number of rotatable bonds is 1. The lowest BCUT2D eigenvalue weighted by Gasteiger charge is -2.32. The van der Waals surface area contributed by atoms with Crippen molar-refractivity contribution in [3.63, 3.8) is 0 Å². The molecule has 0 atom stereocenters. The molecule has 0 aromatic carbocycles. The maximum absolute atomic E-state index is 11.7. The summed E-state index contributed by atoms with van der Waals surface area (Å²) in [5, 5.41) is 0. The second-order valence-corrected chi connectivity index (χ2v) is 5.18. The molecule has 1 aliphatic heterocycles. The molecule has 5 nitrogen and oxygen atoms in total. The fraction of sp³-hybridized carbons (Fsp3) is 0.846. The summed E-state index contributed by atoms with van der Waals surface area (Å²) >= 11 is 0. The molecule has 0 N–H and O–H groups in total. The van der Waals surface area contributed by atoms with Gasteiger partial charge in [-0.1, -0.05) is 13.8 Å². The maximum Gasteiger partial charge on any atom is 0.410 e. The zero-order chi connectivity index (χ0) is 15.1. The summed E-state index contributed by atoms with van der Waals surface area (Å²) in [6, 6.07) is 0. The van der Waals surface area contributed by atoms with Crippen LogP contribution in [0.2, 0.25) is 0 Å². The summed E-state index contributed by atoms with van der Waals surface area (Å²) in [5.41, 5.74) is -0.496. The van der Waals surface area contributed by atoms with Crippen molar-refractivity contribution in [2.45, 2.75) is 53.1 Å². The Morgan fingerprint density at radius 3 is 2.00 bits per heavy atom. The van der Waals surface area contributed by atoms with E-state index >= 15 is 0 Å². The van der Waals surface area contributed by atoms with Gasteiger partial charge in [-0.3, -0.25) is 4.79 Å². The number of amides is 1. The molecule has 0 unspecified atom stereocenters. The molecule has 1 aliphatic rings. The smallest absolute Gasteiger partial charge is 0.410 e. The van der Waals surface area contributed by atoms with Crippen molar-refractivity contribution >= 4 is 20.1 Å². The molecule has 0 aromatic heterocycles. The molecule has 1 amide bonds. The molecular formula is C13H24BNO4. The minimum atomic E-state index is -0.496. The van der Waals surface area contributed by atoms with E-state index < -0.39 is 11.6 Å². The first-order chi connectivity index (χ1) is 8.83. The zero-order valence-corrected chi connectivity index (χ0v) is 12.6. The van der Waals surface area contributed by atoms with Crippen molar-refractivity contribution in [3.05, 3.63) is 0 Å². The van der Waals surface area contributed by atoms with Crippen LogP contribution in [0, 0.1) is 5.92 Å². The summed E-state index contributed by atoms with van der Waals surface area (Å²) in [7, 11) is 4.83. The zero-order valence-electron chi connectivity index (χ0n) is 12.6. The SMILES string of the molecule is CC.[B]OC(=O)C1CCN(C(=O)OC(C)(C)C)CC1. The van der Waals surface area contributed by atoms with Crippen LogP contribution in [0.3, 0.4) is 0 Å². The van der Waals surface area contributed by atoms with Crippen LogP contribution in [0.4, 0.5) is 4.79 Å². The van der Waals surface area contributed by atoms with Gasteiger partial charge in [0.1, 0.15) is 5.60 Å². The number of piperidine rings is 1. The monoisotopic (exact) mass is 269 g/mol. The number of hydrogen-bond donors (Lipinski definition) is 0. The van der Waals surface area contributed by atoms with Gasteiger partial charge in [-0.2, -0.15) is 0 Å². The Kier molecular flexibility index (Phi) is 7.56. The summed E-state index contributed by atoms with van der Waals surface area (Å²) in [4.78, 5) is 24.5. The van der Waals surface area contributed by atoms with Gasteiger partial charge in [-0.15, -0.1) is 0 Å². The van der Waals surface area contributed by atoms with Crippen LogP contribution in [-0.4, -0.2) is 43.7 Å². The van der Waals surface area contributed by atoms with Crippen LogP contribution in [0.25, 0.3) is 0 Å². The van der Waals surface area contributed by atoms with Crippen molar-refractivity contribution in [1.82, 2.24) is 4.90 Å². The average molecular weight is 269 g/mol. The summed E-state index contributed by atoms with van der Waals surface area (Å²) in [6.45, 7) is 10.5. The number of carbonyl (C=O) groups is 2. The van der Waals surface area contributed by atoms with Crippen LogP contribution >= 0.6 is 0 Å². The number of nitrogens with zero attached hydrogens (tertiary/aromatic N) is 1. The summed E-state index contributed by atoms with van der Waals surface area (Å²) < 4.78 is 9.44. The Bertz CT molecular complexity index is 294. The minimum Gasteiger partial charge on any atom is -0.543 e. The van der Waals surface area contributed by atoms with Gasteiger partial charge in [0.2, 0.25) is 0 Å². The molecule has 1 saturated heterocycles. The molecule has 1 heterocycles. The molecule has 0 saturated carbocycles. The quantitative estimate of drug-likeness (QED) is 0.685. The third-order valence-corrected chi connectivity index (χ3v) is 2.60. The van der Waals surface area contributed by atoms with E-state index in [0.717, 1.165) is 0 Å². The number of ether oxygens (including phenoxy) is 1. The largest absolute Gasteiger partial charge is 0.543 e. The Hall–Kier alpha value is -1.20. The first-order valence-electron chi connectivity index (χ1n) is 6.72. The fourth-order valence-electron chi connectivity index (χ4n) is 1.72. The summed E-state index contributed by atoms with van der Waals surface area (Å²) in [5.74, 6) is -0.618. The topological polar surface area (TPSA) is 55.8 Å². The average Bonchev–Trinajstić information content (AvgIpc) is 2.38. The van der Waals surface area contributed by atoms with Crippen LogP contribution in [0.1, 0.15) is 47.5 Å². The standard InChI is InChI=1S/C11H18BNO4.C2H6/c1-11(2,3)16-10(15)13-6-4-8(5-7-13)9(14)17-12;1-2/h8H,4-7H2,1-3H3;1-2H3. The van der Waals surface area contributed by atoms with E-state index in [2.05, 4.69) is 4.65 Å². The van der Waals surface area contributed by atoms with E-state index in [-0.39, 0.29) is 12.0 Å². The van der Waals surface area contributed by atoms with E-state index in [9.17, 15) is 9.59 Å². The van der Waals surface area contributed by atoms with Crippen LogP contribution in [0.5, 0.6) is 0 Å². The van der Waals surface area contributed by atoms with Gasteiger partial charge in [0, 0.05) is 13.1 Å². The van der Waals surface area contributed by atoms with Crippen molar-refractivity contribution in [3.8, 4) is 0 Å². The van der Waals surface area contributed by atoms with Gasteiger partial charge < -0.3 is 14.3 Å². The highest BCUT2D eigenvalue weighted by atomic mass is 16.6. The van der Waals surface area contributed by atoms with Gasteiger partial charge in [-0.25, -0.2) is 4.79 Å². The van der Waals surface area contributed by atoms with Gasteiger partial charge in [0.25, 0.3) is 5.97 Å². The molecule has 2 radical (unpaired) electrons. The minimum absolute atomic E-state index is 0.210. The summed E-state index contributed by atoms with van der Waals surface area (Å²) in [6.07, 6.45) is 0.793. The lowest BCUT2D eigenvalue weighted by atomic mass is 9.97. The Morgan fingerprint density at radius 2 is 1.63 bits per heavy atom. The van der Waals surface area contributed by atoms with E-state index in [0.29, 0.717) is 25.9 Å². The first kappa shape index (κ1) is 17.8. The van der Waals surface area contributed by atoms with Gasteiger partial charge >= 0.3 is 14.1 Å². The third kappa shape index (κ3) is 6.50. The number of likely N-dealkylation sites (tertiary alicyclic amines) is 1. The molecule has 0 aromatic rings. The highest BCUT2D eigenvalue weighted by molar-refractivity contribution is 6.05. The first-order valence-corrected chi connectivity index (χ1v) is 6.72. The lowest BCUT2D eigenvalue weighted by molar-refractivity contribution is -0.140. The van der Waals surface area contributed by atoms with Crippen LogP contribution in [0.15, 0.2) is 0 Å². The molecule has 108 valence electrons. The van der Waals surface area contributed by atoms with Gasteiger partial charge in [-0.05, 0) is 33.6 Å². The molecule has 1 fully saturated rings. The molecule has 19 heavy (non-hydrogen) atoms. The van der Waals surface area contributed by atoms with E-state index in [1.165, 1.54) is 0 Å². The predicted molar refractivity (Wildman–Crippen MR) is 73.7 cm³/mol. The Morgan fingerprint density at radius 1 is 1.16 bits per heavy atom. The molecular weight excluding hydrogens is 245 g/mol. The molecule has 0 bridgehead atoms. The molecule has 1 rings (SSSR count). The van der Waals surface area contributed by atoms with Gasteiger partial charge in [0.15, 0.2) is 0 Å². The number of carbonyl (C=O) groups excluding carboxylic acids is 2. The van der Waals surface area contributed by atoms with Crippen molar-refractivity contribution < 1.29 is 19.0 Å². The molecule has 0 aliphatic carbocycles. The number of hydrogen-bond acceptors (Lipinski definition) is 4. The Labute approximate surface area is 117 Å². The second kappa shape index (κ2) is 8.07. The van der Waals surface area contributed by atoms with E-state index in [1.54, 1.807) is 4.90 Å². The maximum atomic E-state index is 11.7. The Balaban J connectivity index is 0.00000154. The van der Waals surface area contributed by atoms with Crippen molar-refractivity contribution in [1.29, 1.82) is 0 Å². The fourth-order valence-corrected chi connectivity index (χ4v) is 1.72. The lowest BCUT2D eigenvalue weighted by Crippen LogP contribution is -2.43. The molecule has 6 heteroatoms. The normalized spacial score (nSPS) is 16.2. The predicted octanol–water partition coefficient (Wildman–Crippen LogP) is 2.29. The van der Waals surface area contributed by atoms with E-state index in [1.807, 2.05) is 34.6 Å².